The highest BCUT2D eigenvalue weighted by Gasteiger charge is 2.10. The molecule has 0 aromatic heterocycles. The molecule has 19 heavy (non-hydrogen) atoms. The molecule has 1 aromatic rings. The number of amides is 1. The van der Waals surface area contributed by atoms with Gasteiger partial charge in [-0.15, -0.1) is 0 Å². The van der Waals surface area contributed by atoms with Crippen molar-refractivity contribution in [3.63, 3.8) is 0 Å². The molecule has 5 nitrogen and oxygen atoms in total. The van der Waals surface area contributed by atoms with Crippen molar-refractivity contribution in [1.29, 1.82) is 0 Å². The highest BCUT2D eigenvalue weighted by atomic mass is 16.4. The summed E-state index contributed by atoms with van der Waals surface area (Å²) >= 11 is 0. The number of hydrogen-bond acceptors (Lipinski definition) is 3. The summed E-state index contributed by atoms with van der Waals surface area (Å²) in [5.74, 6) is -0.959. The van der Waals surface area contributed by atoms with E-state index in [1.54, 1.807) is 4.90 Å². The molecule has 0 fully saturated rings. The first-order valence-electron chi connectivity index (χ1n) is 6.26. The van der Waals surface area contributed by atoms with Gasteiger partial charge in [0.25, 0.3) is 0 Å². The minimum absolute atomic E-state index is 0.385. The zero-order valence-corrected chi connectivity index (χ0v) is 11.5. The van der Waals surface area contributed by atoms with Crippen LogP contribution in [0.25, 0.3) is 0 Å². The molecule has 3 N–H and O–H groups in total. The van der Waals surface area contributed by atoms with Gasteiger partial charge in [-0.1, -0.05) is 30.3 Å². The van der Waals surface area contributed by atoms with E-state index in [1.165, 1.54) is 0 Å². The van der Waals surface area contributed by atoms with Crippen LogP contribution in [-0.2, 0) is 16.0 Å². The van der Waals surface area contributed by atoms with Gasteiger partial charge in [-0.05, 0) is 25.8 Å². The van der Waals surface area contributed by atoms with Gasteiger partial charge in [0.1, 0.15) is 6.04 Å². The molecule has 0 aliphatic rings. The predicted octanol–water partition coefficient (Wildman–Crippen LogP) is 1.13. The lowest BCUT2D eigenvalue weighted by atomic mass is 10.1. The number of carbonyl (C=O) groups is 2. The van der Waals surface area contributed by atoms with Crippen LogP contribution in [0.3, 0.4) is 0 Å². The van der Waals surface area contributed by atoms with E-state index in [4.69, 9.17) is 10.8 Å². The lowest BCUT2D eigenvalue weighted by Crippen LogP contribution is -2.32. The standard InChI is InChI=1S/C9H11NO2.C5H11NO/c10-8(9(11)12)6-7-4-2-1-3-5-7;1-3-6(4-2)5-7/h1-5,8H,6,10H2,(H,11,12);5H,3-4H2,1-2H3/t8-;/m0./s1. The second-order valence-electron chi connectivity index (χ2n) is 3.96. The molecule has 1 amide bonds. The van der Waals surface area contributed by atoms with Crippen molar-refractivity contribution >= 4 is 12.4 Å². The number of nitrogens with two attached hydrogens (primary N) is 1. The second kappa shape index (κ2) is 10.1. The largest absolute Gasteiger partial charge is 0.480 e. The van der Waals surface area contributed by atoms with E-state index in [0.717, 1.165) is 25.1 Å². The maximum absolute atomic E-state index is 10.4. The van der Waals surface area contributed by atoms with E-state index >= 15 is 0 Å². The van der Waals surface area contributed by atoms with Crippen LogP contribution in [0, 0.1) is 0 Å². The van der Waals surface area contributed by atoms with Crippen LogP contribution >= 0.6 is 0 Å². The zero-order valence-electron chi connectivity index (χ0n) is 11.5. The van der Waals surface area contributed by atoms with Gasteiger partial charge in [-0.25, -0.2) is 0 Å². The molecule has 5 heteroatoms. The number of nitrogens with zero attached hydrogens (tertiary/aromatic N) is 1. The Morgan fingerprint density at radius 3 is 2.16 bits per heavy atom. The first kappa shape index (κ1) is 17.1. The molecule has 1 aromatic carbocycles. The van der Waals surface area contributed by atoms with Crippen LogP contribution in [0.4, 0.5) is 0 Å². The average Bonchev–Trinajstić information content (AvgIpc) is 2.42. The maximum Gasteiger partial charge on any atom is 0.320 e. The number of benzene rings is 1. The molecule has 0 spiro atoms. The van der Waals surface area contributed by atoms with Crippen molar-refractivity contribution in [3.05, 3.63) is 35.9 Å². The number of aliphatic carboxylic acids is 1. The van der Waals surface area contributed by atoms with Gasteiger partial charge in [0.05, 0.1) is 0 Å². The molecule has 0 radical (unpaired) electrons. The molecular weight excluding hydrogens is 244 g/mol. The smallest absolute Gasteiger partial charge is 0.320 e. The SMILES string of the molecule is CCN(C=O)CC.N[C@@H](Cc1ccccc1)C(=O)O. The number of carboxylic acids is 1. The topological polar surface area (TPSA) is 83.6 Å². The Balaban J connectivity index is 0.000000399. The quantitative estimate of drug-likeness (QED) is 0.756. The average molecular weight is 266 g/mol. The van der Waals surface area contributed by atoms with Crippen LogP contribution < -0.4 is 5.73 Å². The van der Waals surface area contributed by atoms with Crippen molar-refractivity contribution in [2.75, 3.05) is 13.1 Å². The third-order valence-corrected chi connectivity index (χ3v) is 2.58. The predicted molar refractivity (Wildman–Crippen MR) is 74.7 cm³/mol. The fraction of sp³-hybridized carbons (Fsp3) is 0.429. The number of hydrogen-bond donors (Lipinski definition) is 2. The van der Waals surface area contributed by atoms with Crippen LogP contribution in [0.5, 0.6) is 0 Å². The Kier molecular flexibility index (Phi) is 9.08. The summed E-state index contributed by atoms with van der Waals surface area (Å²) in [6.07, 6.45) is 1.25. The fourth-order valence-corrected chi connectivity index (χ4v) is 1.33. The molecule has 0 aliphatic heterocycles. The van der Waals surface area contributed by atoms with Crippen LogP contribution in [0.15, 0.2) is 30.3 Å². The van der Waals surface area contributed by atoms with E-state index in [1.807, 2.05) is 44.2 Å². The van der Waals surface area contributed by atoms with Gasteiger partial charge < -0.3 is 15.7 Å². The minimum atomic E-state index is -0.959. The molecule has 0 saturated heterocycles. The molecule has 1 rings (SSSR count). The van der Waals surface area contributed by atoms with E-state index in [0.29, 0.717) is 6.42 Å². The van der Waals surface area contributed by atoms with Gasteiger partial charge >= 0.3 is 5.97 Å². The summed E-state index contributed by atoms with van der Waals surface area (Å²) in [4.78, 5) is 22.0. The lowest BCUT2D eigenvalue weighted by Gasteiger charge is -2.08. The molecule has 1 atom stereocenters. The molecular formula is C14H22N2O3. The maximum atomic E-state index is 10.4. The van der Waals surface area contributed by atoms with E-state index in [-0.39, 0.29) is 0 Å². The third kappa shape index (κ3) is 7.94. The van der Waals surface area contributed by atoms with Gasteiger partial charge in [0.2, 0.25) is 6.41 Å². The summed E-state index contributed by atoms with van der Waals surface area (Å²) in [6, 6.07) is 8.54. The second-order valence-corrected chi connectivity index (χ2v) is 3.96. The van der Waals surface area contributed by atoms with Crippen molar-refractivity contribution < 1.29 is 14.7 Å². The van der Waals surface area contributed by atoms with Gasteiger partial charge in [-0.2, -0.15) is 0 Å². The zero-order chi connectivity index (χ0) is 14.7. The molecule has 0 bridgehead atoms. The molecule has 0 aliphatic carbocycles. The molecule has 0 unspecified atom stereocenters. The third-order valence-electron chi connectivity index (χ3n) is 2.58. The normalized spacial score (nSPS) is 10.9. The van der Waals surface area contributed by atoms with E-state index in [2.05, 4.69) is 0 Å². The summed E-state index contributed by atoms with van der Waals surface area (Å²) < 4.78 is 0. The molecule has 0 heterocycles. The summed E-state index contributed by atoms with van der Waals surface area (Å²) in [7, 11) is 0. The summed E-state index contributed by atoms with van der Waals surface area (Å²) in [5, 5.41) is 8.52. The Morgan fingerprint density at radius 1 is 1.32 bits per heavy atom. The first-order chi connectivity index (χ1) is 9.04. The Bertz CT molecular complexity index is 364. The Labute approximate surface area is 114 Å². The van der Waals surface area contributed by atoms with Crippen molar-refractivity contribution in [1.82, 2.24) is 4.90 Å². The van der Waals surface area contributed by atoms with Crippen LogP contribution in [0.2, 0.25) is 0 Å². The van der Waals surface area contributed by atoms with Gasteiger partial charge in [0.15, 0.2) is 0 Å². The lowest BCUT2D eigenvalue weighted by molar-refractivity contribution is -0.138. The summed E-state index contributed by atoms with van der Waals surface area (Å²) in [5.41, 5.74) is 6.30. The van der Waals surface area contributed by atoms with Crippen LogP contribution in [0.1, 0.15) is 19.4 Å². The van der Waals surface area contributed by atoms with Crippen molar-refractivity contribution in [2.45, 2.75) is 26.3 Å². The molecule has 106 valence electrons. The van der Waals surface area contributed by atoms with Gasteiger partial charge in [0, 0.05) is 13.1 Å². The monoisotopic (exact) mass is 266 g/mol. The first-order valence-corrected chi connectivity index (χ1v) is 6.26. The minimum Gasteiger partial charge on any atom is -0.480 e. The van der Waals surface area contributed by atoms with Crippen molar-refractivity contribution in [3.8, 4) is 0 Å². The highest BCUT2D eigenvalue weighted by Crippen LogP contribution is 2.01. The Hall–Kier alpha value is -1.88. The molecule has 0 saturated carbocycles. The number of carboxylic acid groups (broad SMARTS) is 1. The fourth-order valence-electron chi connectivity index (χ4n) is 1.33. The van der Waals surface area contributed by atoms with Crippen molar-refractivity contribution in [2.24, 2.45) is 5.73 Å². The number of rotatable bonds is 6. The Morgan fingerprint density at radius 2 is 1.84 bits per heavy atom. The van der Waals surface area contributed by atoms with E-state index < -0.39 is 12.0 Å². The summed E-state index contributed by atoms with van der Waals surface area (Å²) in [6.45, 7) is 5.55. The highest BCUT2D eigenvalue weighted by molar-refractivity contribution is 5.73. The van der Waals surface area contributed by atoms with Crippen LogP contribution in [-0.4, -0.2) is 41.5 Å². The van der Waals surface area contributed by atoms with Gasteiger partial charge in [-0.3, -0.25) is 9.59 Å². The number of carbonyl (C=O) groups excluding carboxylic acids is 1. The van der Waals surface area contributed by atoms with E-state index in [9.17, 15) is 9.59 Å².